The van der Waals surface area contributed by atoms with E-state index in [-0.39, 0.29) is 5.78 Å². The molecule has 86 valence electrons. The third kappa shape index (κ3) is 2.69. The van der Waals surface area contributed by atoms with Crippen LogP contribution >= 0.6 is 0 Å². The van der Waals surface area contributed by atoms with Crippen LogP contribution in [-0.4, -0.2) is 10.8 Å². The number of rotatable bonds is 3. The van der Waals surface area contributed by atoms with Crippen LogP contribution in [0.2, 0.25) is 0 Å². The number of aromatic nitrogens is 1. The van der Waals surface area contributed by atoms with Crippen molar-refractivity contribution < 1.29 is 4.79 Å². The van der Waals surface area contributed by atoms with Gasteiger partial charge in [0.05, 0.1) is 0 Å². The van der Waals surface area contributed by atoms with Crippen molar-refractivity contribution in [3.05, 3.63) is 59.4 Å². The molecule has 0 radical (unpaired) electrons. The fourth-order valence-corrected chi connectivity index (χ4v) is 1.60. The standard InChI is InChI=1S/C14H14N2O/c1-10-2-3-12(9-13(10)15)14(17)8-11-4-6-16-7-5-11/h2-7,9H,8,15H2,1H3. The summed E-state index contributed by atoms with van der Waals surface area (Å²) in [6.07, 6.45) is 3.75. The van der Waals surface area contributed by atoms with Crippen molar-refractivity contribution in [3.63, 3.8) is 0 Å². The van der Waals surface area contributed by atoms with E-state index in [2.05, 4.69) is 4.98 Å². The van der Waals surface area contributed by atoms with Gasteiger partial charge in [0.2, 0.25) is 0 Å². The number of hydrogen-bond donors (Lipinski definition) is 1. The van der Waals surface area contributed by atoms with E-state index in [1.54, 1.807) is 18.5 Å². The van der Waals surface area contributed by atoms with Gasteiger partial charge < -0.3 is 5.73 Å². The van der Waals surface area contributed by atoms with Gasteiger partial charge in [0.25, 0.3) is 0 Å². The molecule has 2 aromatic rings. The zero-order chi connectivity index (χ0) is 12.3. The first-order valence-corrected chi connectivity index (χ1v) is 5.45. The molecule has 0 aliphatic heterocycles. The number of aryl methyl sites for hydroxylation is 1. The third-order valence-electron chi connectivity index (χ3n) is 2.72. The molecule has 0 aliphatic carbocycles. The van der Waals surface area contributed by atoms with Crippen molar-refractivity contribution in [1.82, 2.24) is 4.98 Å². The molecule has 0 unspecified atom stereocenters. The molecule has 1 aromatic heterocycles. The largest absolute Gasteiger partial charge is 0.398 e. The first kappa shape index (κ1) is 11.3. The second kappa shape index (κ2) is 4.78. The summed E-state index contributed by atoms with van der Waals surface area (Å²) >= 11 is 0. The maximum atomic E-state index is 12.0. The average molecular weight is 226 g/mol. The molecule has 17 heavy (non-hydrogen) atoms. The predicted octanol–water partition coefficient (Wildman–Crippen LogP) is 2.40. The van der Waals surface area contributed by atoms with E-state index in [1.807, 2.05) is 31.2 Å². The SMILES string of the molecule is Cc1ccc(C(=O)Cc2ccncc2)cc1N. The number of nitrogens with two attached hydrogens (primary N) is 1. The second-order valence-corrected chi connectivity index (χ2v) is 4.03. The van der Waals surface area contributed by atoms with Gasteiger partial charge in [0.1, 0.15) is 0 Å². The van der Waals surface area contributed by atoms with Crippen LogP contribution in [0.5, 0.6) is 0 Å². The lowest BCUT2D eigenvalue weighted by atomic mass is 10.0. The van der Waals surface area contributed by atoms with Crippen molar-refractivity contribution >= 4 is 11.5 Å². The van der Waals surface area contributed by atoms with Crippen molar-refractivity contribution in [2.45, 2.75) is 13.3 Å². The van der Waals surface area contributed by atoms with E-state index in [0.717, 1.165) is 11.1 Å². The summed E-state index contributed by atoms with van der Waals surface area (Å²) in [7, 11) is 0. The van der Waals surface area contributed by atoms with Crippen LogP contribution in [0.3, 0.4) is 0 Å². The number of carbonyl (C=O) groups is 1. The van der Waals surface area contributed by atoms with E-state index < -0.39 is 0 Å². The van der Waals surface area contributed by atoms with Crippen LogP contribution < -0.4 is 5.73 Å². The smallest absolute Gasteiger partial charge is 0.167 e. The highest BCUT2D eigenvalue weighted by atomic mass is 16.1. The van der Waals surface area contributed by atoms with Crippen LogP contribution in [0.15, 0.2) is 42.7 Å². The molecule has 2 N–H and O–H groups in total. The summed E-state index contributed by atoms with van der Waals surface area (Å²) in [6, 6.07) is 9.11. The van der Waals surface area contributed by atoms with Gasteiger partial charge in [0.15, 0.2) is 5.78 Å². The van der Waals surface area contributed by atoms with Crippen molar-refractivity contribution in [2.24, 2.45) is 0 Å². The van der Waals surface area contributed by atoms with Gasteiger partial charge in [-0.3, -0.25) is 9.78 Å². The lowest BCUT2D eigenvalue weighted by Crippen LogP contribution is -2.04. The number of carbonyl (C=O) groups excluding carboxylic acids is 1. The molecule has 0 bridgehead atoms. The summed E-state index contributed by atoms with van der Waals surface area (Å²) in [4.78, 5) is 15.9. The minimum atomic E-state index is 0.0721. The van der Waals surface area contributed by atoms with Gasteiger partial charge >= 0.3 is 0 Å². The fourth-order valence-electron chi connectivity index (χ4n) is 1.60. The quantitative estimate of drug-likeness (QED) is 0.645. The Labute approximate surface area is 100 Å². The Morgan fingerprint density at radius 3 is 2.59 bits per heavy atom. The Balaban J connectivity index is 2.18. The number of nitrogen functional groups attached to an aromatic ring is 1. The molecule has 1 heterocycles. The molecular formula is C14H14N2O. The maximum Gasteiger partial charge on any atom is 0.167 e. The molecule has 0 aliphatic rings. The molecule has 3 nitrogen and oxygen atoms in total. The van der Waals surface area contributed by atoms with Crippen LogP contribution in [0.25, 0.3) is 0 Å². The maximum absolute atomic E-state index is 12.0. The molecular weight excluding hydrogens is 212 g/mol. The van der Waals surface area contributed by atoms with Crippen LogP contribution in [0.1, 0.15) is 21.5 Å². The highest BCUT2D eigenvalue weighted by Crippen LogP contribution is 2.14. The lowest BCUT2D eigenvalue weighted by Gasteiger charge is -2.04. The monoisotopic (exact) mass is 226 g/mol. The van der Waals surface area contributed by atoms with Gasteiger partial charge in [-0.25, -0.2) is 0 Å². The number of anilines is 1. The lowest BCUT2D eigenvalue weighted by molar-refractivity contribution is 0.0993. The molecule has 3 heteroatoms. The van der Waals surface area contributed by atoms with Crippen LogP contribution in [0.4, 0.5) is 5.69 Å². The number of ketones is 1. The van der Waals surface area contributed by atoms with Crippen molar-refractivity contribution in [3.8, 4) is 0 Å². The van der Waals surface area contributed by atoms with E-state index in [4.69, 9.17) is 5.73 Å². The zero-order valence-electron chi connectivity index (χ0n) is 9.68. The number of hydrogen-bond acceptors (Lipinski definition) is 3. The van der Waals surface area contributed by atoms with Gasteiger partial charge in [-0.05, 0) is 36.2 Å². The first-order valence-electron chi connectivity index (χ1n) is 5.45. The second-order valence-electron chi connectivity index (χ2n) is 4.03. The topological polar surface area (TPSA) is 56.0 Å². The van der Waals surface area contributed by atoms with E-state index in [0.29, 0.717) is 17.7 Å². The highest BCUT2D eigenvalue weighted by Gasteiger charge is 2.07. The molecule has 0 saturated heterocycles. The Morgan fingerprint density at radius 2 is 1.94 bits per heavy atom. The van der Waals surface area contributed by atoms with E-state index >= 15 is 0 Å². The molecule has 2 rings (SSSR count). The van der Waals surface area contributed by atoms with Crippen molar-refractivity contribution in [2.75, 3.05) is 5.73 Å². The Kier molecular flexibility index (Phi) is 3.19. The van der Waals surface area contributed by atoms with Crippen molar-refractivity contribution in [1.29, 1.82) is 0 Å². The summed E-state index contributed by atoms with van der Waals surface area (Å²) in [5, 5.41) is 0. The fraction of sp³-hybridized carbons (Fsp3) is 0.143. The average Bonchev–Trinajstić information content (AvgIpc) is 2.34. The summed E-state index contributed by atoms with van der Waals surface area (Å²) in [5.74, 6) is 0.0721. The van der Waals surface area contributed by atoms with E-state index in [9.17, 15) is 4.79 Å². The van der Waals surface area contributed by atoms with Gasteiger partial charge in [0, 0.05) is 30.1 Å². The Morgan fingerprint density at radius 1 is 1.24 bits per heavy atom. The minimum absolute atomic E-state index is 0.0721. The first-order chi connectivity index (χ1) is 8.16. The normalized spacial score (nSPS) is 10.2. The predicted molar refractivity (Wildman–Crippen MR) is 67.9 cm³/mol. The highest BCUT2D eigenvalue weighted by molar-refractivity contribution is 5.98. The van der Waals surface area contributed by atoms with Gasteiger partial charge in [-0.15, -0.1) is 0 Å². The number of nitrogens with zero attached hydrogens (tertiary/aromatic N) is 1. The zero-order valence-corrected chi connectivity index (χ0v) is 9.68. The van der Waals surface area contributed by atoms with Crippen LogP contribution in [0, 0.1) is 6.92 Å². The minimum Gasteiger partial charge on any atom is -0.398 e. The molecule has 0 atom stereocenters. The molecule has 0 amide bonds. The van der Waals surface area contributed by atoms with E-state index in [1.165, 1.54) is 0 Å². The Bertz CT molecular complexity index is 535. The Hall–Kier alpha value is -2.16. The van der Waals surface area contributed by atoms with Gasteiger partial charge in [-0.1, -0.05) is 12.1 Å². The number of benzene rings is 1. The van der Waals surface area contributed by atoms with Gasteiger partial charge in [-0.2, -0.15) is 0 Å². The summed E-state index contributed by atoms with van der Waals surface area (Å²) in [6.45, 7) is 1.92. The molecule has 1 aromatic carbocycles. The number of Topliss-reactive ketones (excluding diaryl/α,β-unsaturated/α-hetero) is 1. The summed E-state index contributed by atoms with van der Waals surface area (Å²) in [5.41, 5.74) is 9.06. The molecule has 0 fully saturated rings. The van der Waals surface area contributed by atoms with Crippen LogP contribution in [-0.2, 0) is 6.42 Å². The third-order valence-corrected chi connectivity index (χ3v) is 2.72. The molecule has 0 saturated carbocycles. The summed E-state index contributed by atoms with van der Waals surface area (Å²) < 4.78 is 0. The molecule has 0 spiro atoms. The number of pyridine rings is 1.